The third-order valence-electron chi connectivity index (χ3n) is 3.93. The monoisotopic (exact) mass is 315 g/mol. The molecule has 0 N–H and O–H groups in total. The van der Waals surface area contributed by atoms with Crippen LogP contribution in [0.15, 0.2) is 48.5 Å². The van der Waals surface area contributed by atoms with Gasteiger partial charge in [-0.1, -0.05) is 24.3 Å². The smallest absolute Gasteiger partial charge is 0.264 e. The first-order valence-electron chi connectivity index (χ1n) is 7.49. The highest BCUT2D eigenvalue weighted by molar-refractivity contribution is 5.95. The Morgan fingerprint density at radius 2 is 2.09 bits per heavy atom. The highest BCUT2D eigenvalue weighted by Gasteiger charge is 2.28. The molecule has 0 saturated heterocycles. The van der Waals surface area contributed by atoms with Gasteiger partial charge in [-0.05, 0) is 24.6 Å². The minimum atomic E-state index is -0.388. The number of ether oxygens (including phenoxy) is 2. The zero-order valence-electron chi connectivity index (χ0n) is 12.9. The predicted molar refractivity (Wildman–Crippen MR) is 85.1 cm³/mol. The van der Waals surface area contributed by atoms with Crippen molar-refractivity contribution in [2.75, 3.05) is 25.2 Å². The van der Waals surface area contributed by atoms with E-state index in [-0.39, 0.29) is 24.4 Å². The summed E-state index contributed by atoms with van der Waals surface area (Å²) in [5.74, 6) is -0.198. The number of anilines is 1. The number of rotatable bonds is 4. The lowest BCUT2D eigenvalue weighted by molar-refractivity contribution is -0.120. The maximum absolute atomic E-state index is 13.1. The minimum Gasteiger partial charge on any atom is -0.484 e. The molecule has 1 unspecified atom stereocenters. The van der Waals surface area contributed by atoms with Crippen LogP contribution in [-0.2, 0) is 9.53 Å². The molecule has 5 heteroatoms. The van der Waals surface area contributed by atoms with E-state index in [4.69, 9.17) is 9.47 Å². The quantitative estimate of drug-likeness (QED) is 0.869. The second-order valence-corrected chi connectivity index (χ2v) is 5.36. The Hall–Kier alpha value is -2.40. The van der Waals surface area contributed by atoms with Crippen LogP contribution in [0.25, 0.3) is 0 Å². The Kier molecular flexibility index (Phi) is 4.57. The van der Waals surface area contributed by atoms with Crippen molar-refractivity contribution in [3.8, 4) is 5.75 Å². The molecule has 1 atom stereocenters. The average molecular weight is 315 g/mol. The zero-order chi connectivity index (χ0) is 16.2. The summed E-state index contributed by atoms with van der Waals surface area (Å²) in [6.45, 7) is 0.441. The molecule has 0 fully saturated rings. The van der Waals surface area contributed by atoms with E-state index in [9.17, 15) is 9.18 Å². The van der Waals surface area contributed by atoms with Crippen molar-refractivity contribution in [1.82, 2.24) is 0 Å². The SMILES string of the molecule is COC1CCN(C(=O)COc2cccc(F)c2)c2ccccc21. The Balaban J connectivity index is 1.73. The molecule has 1 amide bonds. The number of carbonyl (C=O) groups excluding carboxylic acids is 1. The van der Waals surface area contributed by atoms with Gasteiger partial charge in [0.15, 0.2) is 6.61 Å². The maximum atomic E-state index is 13.1. The molecule has 2 aromatic carbocycles. The number of amides is 1. The van der Waals surface area contributed by atoms with Gasteiger partial charge in [-0.25, -0.2) is 4.39 Å². The molecule has 3 rings (SSSR count). The molecule has 0 saturated carbocycles. The first kappa shape index (κ1) is 15.5. The van der Waals surface area contributed by atoms with Gasteiger partial charge in [0.25, 0.3) is 5.91 Å². The Morgan fingerprint density at radius 1 is 1.26 bits per heavy atom. The van der Waals surface area contributed by atoms with Crippen molar-refractivity contribution in [3.63, 3.8) is 0 Å². The number of hydrogen-bond acceptors (Lipinski definition) is 3. The normalized spacial score (nSPS) is 16.8. The fourth-order valence-corrected chi connectivity index (χ4v) is 2.81. The predicted octanol–water partition coefficient (Wildman–Crippen LogP) is 3.33. The average Bonchev–Trinajstić information content (AvgIpc) is 2.58. The number of para-hydroxylation sites is 1. The lowest BCUT2D eigenvalue weighted by Gasteiger charge is -2.33. The van der Waals surface area contributed by atoms with Crippen LogP contribution in [0.5, 0.6) is 5.75 Å². The van der Waals surface area contributed by atoms with Crippen LogP contribution < -0.4 is 9.64 Å². The van der Waals surface area contributed by atoms with Crippen LogP contribution in [0, 0.1) is 5.82 Å². The third-order valence-corrected chi connectivity index (χ3v) is 3.93. The molecule has 1 heterocycles. The highest BCUT2D eigenvalue weighted by Crippen LogP contribution is 2.35. The molecule has 0 aromatic heterocycles. The summed E-state index contributed by atoms with van der Waals surface area (Å²) in [7, 11) is 1.67. The number of carbonyl (C=O) groups is 1. The molecular formula is C18H18FNO3. The summed E-state index contributed by atoms with van der Waals surface area (Å²) < 4.78 is 24.0. The summed E-state index contributed by atoms with van der Waals surface area (Å²) in [5, 5.41) is 0. The van der Waals surface area contributed by atoms with Crippen LogP contribution in [0.3, 0.4) is 0 Å². The van der Waals surface area contributed by atoms with Crippen molar-refractivity contribution in [2.45, 2.75) is 12.5 Å². The van der Waals surface area contributed by atoms with Crippen molar-refractivity contribution >= 4 is 11.6 Å². The Labute approximate surface area is 134 Å². The molecule has 0 radical (unpaired) electrons. The number of nitrogens with zero attached hydrogens (tertiary/aromatic N) is 1. The molecule has 0 aliphatic carbocycles. The fraction of sp³-hybridized carbons (Fsp3) is 0.278. The number of benzene rings is 2. The summed E-state index contributed by atoms with van der Waals surface area (Å²) in [4.78, 5) is 14.2. The number of fused-ring (bicyclic) bond motifs is 1. The molecule has 120 valence electrons. The first-order valence-corrected chi connectivity index (χ1v) is 7.49. The van der Waals surface area contributed by atoms with Gasteiger partial charge in [-0.3, -0.25) is 4.79 Å². The van der Waals surface area contributed by atoms with Gasteiger partial charge in [-0.2, -0.15) is 0 Å². The van der Waals surface area contributed by atoms with E-state index in [0.29, 0.717) is 12.3 Å². The van der Waals surface area contributed by atoms with Gasteiger partial charge < -0.3 is 14.4 Å². The number of methoxy groups -OCH3 is 1. The fourth-order valence-electron chi connectivity index (χ4n) is 2.81. The highest BCUT2D eigenvalue weighted by atomic mass is 19.1. The van der Waals surface area contributed by atoms with Crippen molar-refractivity contribution in [3.05, 3.63) is 59.9 Å². The van der Waals surface area contributed by atoms with Crippen LogP contribution in [-0.4, -0.2) is 26.2 Å². The minimum absolute atomic E-state index is 0.000567. The Bertz CT molecular complexity index is 704. The van der Waals surface area contributed by atoms with Gasteiger partial charge in [0.05, 0.1) is 6.10 Å². The maximum Gasteiger partial charge on any atom is 0.264 e. The summed E-state index contributed by atoms with van der Waals surface area (Å²) >= 11 is 0. The molecule has 1 aliphatic heterocycles. The summed E-state index contributed by atoms with van der Waals surface area (Å²) in [6.07, 6.45) is 0.735. The Morgan fingerprint density at radius 3 is 2.87 bits per heavy atom. The molecule has 4 nitrogen and oxygen atoms in total. The lowest BCUT2D eigenvalue weighted by Crippen LogP contribution is -2.39. The topological polar surface area (TPSA) is 38.8 Å². The van der Waals surface area contributed by atoms with E-state index in [1.54, 1.807) is 24.1 Å². The van der Waals surface area contributed by atoms with E-state index >= 15 is 0 Å². The van der Waals surface area contributed by atoms with Crippen LogP contribution in [0.4, 0.5) is 10.1 Å². The van der Waals surface area contributed by atoms with Gasteiger partial charge in [-0.15, -0.1) is 0 Å². The summed E-state index contributed by atoms with van der Waals surface area (Å²) in [6, 6.07) is 13.5. The van der Waals surface area contributed by atoms with Gasteiger partial charge in [0.2, 0.25) is 0 Å². The van der Waals surface area contributed by atoms with E-state index in [1.165, 1.54) is 12.1 Å². The molecule has 0 spiro atoms. The number of halogens is 1. The molecule has 23 heavy (non-hydrogen) atoms. The van der Waals surface area contributed by atoms with Gasteiger partial charge in [0.1, 0.15) is 11.6 Å². The number of hydrogen-bond donors (Lipinski definition) is 0. The molecule has 1 aliphatic rings. The van der Waals surface area contributed by atoms with Gasteiger partial charge in [0, 0.05) is 31.0 Å². The third kappa shape index (κ3) is 3.35. The van der Waals surface area contributed by atoms with E-state index in [2.05, 4.69) is 0 Å². The molecule has 2 aromatic rings. The van der Waals surface area contributed by atoms with Crippen LogP contribution in [0.1, 0.15) is 18.1 Å². The standard InChI is InChI=1S/C18H18FNO3/c1-22-17-9-10-20(16-8-3-2-7-15(16)17)18(21)12-23-14-6-4-5-13(19)11-14/h2-8,11,17H,9-10,12H2,1H3. The van der Waals surface area contributed by atoms with Crippen LogP contribution >= 0.6 is 0 Å². The van der Waals surface area contributed by atoms with E-state index in [1.807, 2.05) is 24.3 Å². The molecular weight excluding hydrogens is 297 g/mol. The van der Waals surface area contributed by atoms with E-state index < -0.39 is 0 Å². The van der Waals surface area contributed by atoms with Crippen molar-refractivity contribution in [1.29, 1.82) is 0 Å². The molecule has 0 bridgehead atoms. The van der Waals surface area contributed by atoms with Crippen molar-refractivity contribution < 1.29 is 18.7 Å². The van der Waals surface area contributed by atoms with Crippen LogP contribution in [0.2, 0.25) is 0 Å². The second kappa shape index (κ2) is 6.79. The largest absolute Gasteiger partial charge is 0.484 e. The zero-order valence-corrected chi connectivity index (χ0v) is 12.9. The lowest BCUT2D eigenvalue weighted by atomic mass is 9.98. The second-order valence-electron chi connectivity index (χ2n) is 5.36. The summed E-state index contributed by atoms with van der Waals surface area (Å²) in [5.41, 5.74) is 1.85. The van der Waals surface area contributed by atoms with Gasteiger partial charge >= 0.3 is 0 Å². The first-order chi connectivity index (χ1) is 11.2. The van der Waals surface area contributed by atoms with Crippen molar-refractivity contribution in [2.24, 2.45) is 0 Å². The van der Waals surface area contributed by atoms with E-state index in [0.717, 1.165) is 17.7 Å².